The molecule has 0 aromatic heterocycles. The smallest absolute Gasteiger partial charge is 0.352 e. The van der Waals surface area contributed by atoms with E-state index in [1.807, 2.05) is 0 Å². The predicted octanol–water partition coefficient (Wildman–Crippen LogP) is 5.13. The topological polar surface area (TPSA) is 86.8 Å². The fourth-order valence-corrected chi connectivity index (χ4v) is 5.67. The first-order valence-electron chi connectivity index (χ1n) is 12.4. The summed E-state index contributed by atoms with van der Waals surface area (Å²) < 4.78 is 79.5. The van der Waals surface area contributed by atoms with E-state index in [0.717, 1.165) is 42.9 Å². The number of nitrogens with one attached hydrogen (secondary N) is 1. The lowest BCUT2D eigenvalue weighted by Gasteiger charge is -2.33. The number of nitrogens with zero attached hydrogens (tertiary/aromatic N) is 2. The van der Waals surface area contributed by atoms with Gasteiger partial charge >= 0.3 is 6.18 Å². The highest BCUT2D eigenvalue weighted by Gasteiger charge is 2.35. The third kappa shape index (κ3) is 8.07. The number of rotatable bonds is 10. The Morgan fingerprint density at radius 1 is 1.10 bits per heavy atom. The number of benzene rings is 2. The number of sulfonamides is 1. The Hall–Kier alpha value is -2.86. The van der Waals surface area contributed by atoms with Gasteiger partial charge in [0.2, 0.25) is 21.8 Å². The van der Waals surface area contributed by atoms with Gasteiger partial charge in [0, 0.05) is 12.6 Å². The van der Waals surface area contributed by atoms with Crippen LogP contribution in [0.25, 0.3) is 0 Å². The van der Waals surface area contributed by atoms with Crippen molar-refractivity contribution in [3.8, 4) is 0 Å². The largest absolute Gasteiger partial charge is 0.416 e. The molecule has 0 radical (unpaired) electrons. The number of carbonyl (C=O) groups excluding carboxylic acids is 2. The third-order valence-electron chi connectivity index (χ3n) is 6.57. The molecule has 1 saturated carbocycles. The van der Waals surface area contributed by atoms with Crippen molar-refractivity contribution < 1.29 is 35.6 Å². The molecule has 1 aliphatic rings. The van der Waals surface area contributed by atoms with E-state index in [4.69, 9.17) is 11.6 Å². The molecule has 214 valence electrons. The Bertz CT molecular complexity index is 1280. The molecule has 39 heavy (non-hydrogen) atoms. The predicted molar refractivity (Wildman–Crippen MR) is 140 cm³/mol. The summed E-state index contributed by atoms with van der Waals surface area (Å²) in [5, 5.41) is 2.63. The average Bonchev–Trinajstić information content (AvgIpc) is 3.35. The number of halogens is 5. The molecule has 1 fully saturated rings. The number of carbonyl (C=O) groups is 2. The molecule has 13 heteroatoms. The maximum atomic E-state index is 13.7. The molecule has 0 aliphatic heterocycles. The van der Waals surface area contributed by atoms with Crippen molar-refractivity contribution in [1.29, 1.82) is 0 Å². The van der Waals surface area contributed by atoms with Crippen molar-refractivity contribution >= 4 is 39.1 Å². The van der Waals surface area contributed by atoms with Crippen LogP contribution in [-0.2, 0) is 32.3 Å². The SMILES string of the molecule is CC[C@@H](C(=O)NC1CCCC1)N(Cc1ccc(F)cc1)C(=O)CN(c1cc(C(F)(F)F)ccc1Cl)S(C)(=O)=O. The first kappa shape index (κ1) is 30.7. The van der Waals surface area contributed by atoms with E-state index in [0.29, 0.717) is 22.0 Å². The number of hydrogen-bond acceptors (Lipinski definition) is 4. The fourth-order valence-electron chi connectivity index (χ4n) is 4.55. The number of alkyl halides is 3. The summed E-state index contributed by atoms with van der Waals surface area (Å²) in [5.74, 6) is -1.78. The van der Waals surface area contributed by atoms with Crippen molar-refractivity contribution in [3.05, 3.63) is 64.4 Å². The van der Waals surface area contributed by atoms with Crippen molar-refractivity contribution in [3.63, 3.8) is 0 Å². The van der Waals surface area contributed by atoms with Crippen LogP contribution in [-0.4, -0.2) is 50.0 Å². The summed E-state index contributed by atoms with van der Waals surface area (Å²) in [6.07, 6.45) is -0.358. The van der Waals surface area contributed by atoms with Gasteiger partial charge in [-0.1, -0.05) is 43.5 Å². The third-order valence-corrected chi connectivity index (χ3v) is 8.02. The van der Waals surface area contributed by atoms with Gasteiger partial charge in [0.15, 0.2) is 0 Å². The van der Waals surface area contributed by atoms with Crippen LogP contribution in [0.3, 0.4) is 0 Å². The summed E-state index contributed by atoms with van der Waals surface area (Å²) in [6.45, 7) is 0.611. The van der Waals surface area contributed by atoms with Gasteiger partial charge in [0.05, 0.1) is 22.5 Å². The van der Waals surface area contributed by atoms with Gasteiger partial charge in [-0.25, -0.2) is 12.8 Å². The highest BCUT2D eigenvalue weighted by molar-refractivity contribution is 7.92. The Balaban J connectivity index is 1.99. The summed E-state index contributed by atoms with van der Waals surface area (Å²) >= 11 is 6.09. The van der Waals surface area contributed by atoms with E-state index in [1.54, 1.807) is 6.92 Å². The zero-order valence-corrected chi connectivity index (χ0v) is 23.0. The van der Waals surface area contributed by atoms with Crippen LogP contribution in [0, 0.1) is 5.82 Å². The van der Waals surface area contributed by atoms with Gasteiger partial charge in [-0.05, 0) is 55.2 Å². The van der Waals surface area contributed by atoms with Crippen LogP contribution in [0.1, 0.15) is 50.2 Å². The van der Waals surface area contributed by atoms with Gasteiger partial charge in [-0.3, -0.25) is 13.9 Å². The molecule has 1 aliphatic carbocycles. The molecule has 0 heterocycles. The molecule has 3 rings (SSSR count). The highest BCUT2D eigenvalue weighted by atomic mass is 35.5. The van der Waals surface area contributed by atoms with E-state index in [-0.39, 0.29) is 24.0 Å². The Morgan fingerprint density at radius 2 is 1.72 bits per heavy atom. The van der Waals surface area contributed by atoms with Crippen LogP contribution in [0.5, 0.6) is 0 Å². The molecular formula is C26H30ClF4N3O4S. The minimum atomic E-state index is -4.78. The van der Waals surface area contributed by atoms with E-state index >= 15 is 0 Å². The number of hydrogen-bond donors (Lipinski definition) is 1. The lowest BCUT2D eigenvalue weighted by Crippen LogP contribution is -2.53. The molecule has 0 bridgehead atoms. The Labute approximate surface area is 230 Å². The molecule has 0 unspecified atom stereocenters. The Kier molecular flexibility index (Phi) is 9.87. The van der Waals surface area contributed by atoms with Crippen molar-refractivity contribution in [1.82, 2.24) is 10.2 Å². The molecule has 2 aromatic carbocycles. The van der Waals surface area contributed by atoms with Crippen molar-refractivity contribution in [2.45, 2.75) is 63.8 Å². The maximum absolute atomic E-state index is 13.7. The second kappa shape index (κ2) is 12.5. The lowest BCUT2D eigenvalue weighted by molar-refractivity contribution is -0.140. The van der Waals surface area contributed by atoms with Gasteiger partial charge in [0.25, 0.3) is 0 Å². The van der Waals surface area contributed by atoms with E-state index in [1.165, 1.54) is 24.3 Å². The van der Waals surface area contributed by atoms with Crippen LogP contribution in [0.2, 0.25) is 5.02 Å². The molecule has 2 aromatic rings. The van der Waals surface area contributed by atoms with Gasteiger partial charge in [0.1, 0.15) is 18.4 Å². The summed E-state index contributed by atoms with van der Waals surface area (Å²) in [6, 6.07) is 6.33. The molecular weight excluding hydrogens is 562 g/mol. The van der Waals surface area contributed by atoms with Gasteiger partial charge in [-0.15, -0.1) is 0 Å². The van der Waals surface area contributed by atoms with Crippen molar-refractivity contribution in [2.75, 3.05) is 17.1 Å². The molecule has 7 nitrogen and oxygen atoms in total. The summed E-state index contributed by atoms with van der Waals surface area (Å²) in [4.78, 5) is 28.1. The first-order chi connectivity index (χ1) is 18.2. The van der Waals surface area contributed by atoms with E-state index < -0.39 is 57.7 Å². The van der Waals surface area contributed by atoms with E-state index in [9.17, 15) is 35.6 Å². The normalized spacial score (nSPS) is 15.2. The molecule has 2 amide bonds. The molecule has 1 atom stereocenters. The van der Waals surface area contributed by atoms with Gasteiger partial charge in [-0.2, -0.15) is 13.2 Å². The highest BCUT2D eigenvalue weighted by Crippen LogP contribution is 2.36. The lowest BCUT2D eigenvalue weighted by atomic mass is 10.1. The molecule has 0 spiro atoms. The minimum Gasteiger partial charge on any atom is -0.352 e. The maximum Gasteiger partial charge on any atom is 0.416 e. The Morgan fingerprint density at radius 3 is 2.26 bits per heavy atom. The second-order valence-corrected chi connectivity index (χ2v) is 11.8. The molecule has 0 saturated heterocycles. The van der Waals surface area contributed by atoms with Crippen molar-refractivity contribution in [2.24, 2.45) is 0 Å². The minimum absolute atomic E-state index is 0.0502. The monoisotopic (exact) mass is 591 g/mol. The van der Waals surface area contributed by atoms with Crippen LogP contribution < -0.4 is 9.62 Å². The number of amides is 2. The van der Waals surface area contributed by atoms with E-state index in [2.05, 4.69) is 5.32 Å². The van der Waals surface area contributed by atoms with Crippen LogP contribution in [0.15, 0.2) is 42.5 Å². The fraction of sp³-hybridized carbons (Fsp3) is 0.462. The second-order valence-electron chi connectivity index (χ2n) is 9.50. The first-order valence-corrected chi connectivity index (χ1v) is 14.6. The average molecular weight is 592 g/mol. The molecule has 1 N–H and O–H groups in total. The van der Waals surface area contributed by atoms with Gasteiger partial charge < -0.3 is 10.2 Å². The summed E-state index contributed by atoms with van der Waals surface area (Å²) in [7, 11) is -4.30. The quantitative estimate of drug-likeness (QED) is 0.388. The zero-order valence-electron chi connectivity index (χ0n) is 21.5. The standard InChI is InChI=1S/C26H30ClF4N3O4S/c1-3-22(25(36)32-20-6-4-5-7-20)33(15-17-8-11-19(28)12-9-17)24(35)16-34(39(2,37)38)23-14-18(26(29,30)31)10-13-21(23)27/h8-14,20,22H,3-7,15-16H2,1-2H3,(H,32,36)/t22-/m0/s1. The van der Waals surface area contributed by atoms with Crippen LogP contribution in [0.4, 0.5) is 23.2 Å². The zero-order chi connectivity index (χ0) is 29.0. The number of anilines is 1. The van der Waals surface area contributed by atoms with Crippen LogP contribution >= 0.6 is 11.6 Å². The summed E-state index contributed by atoms with van der Waals surface area (Å²) in [5.41, 5.74) is -1.19.